The van der Waals surface area contributed by atoms with E-state index < -0.39 is 0 Å². The summed E-state index contributed by atoms with van der Waals surface area (Å²) in [4.78, 5) is 9.84. The summed E-state index contributed by atoms with van der Waals surface area (Å²) in [5.41, 5.74) is 0.795. The van der Waals surface area contributed by atoms with E-state index in [9.17, 15) is 0 Å². The molecule has 0 aliphatic carbocycles. The summed E-state index contributed by atoms with van der Waals surface area (Å²) >= 11 is 6.93. The van der Waals surface area contributed by atoms with Gasteiger partial charge in [0.05, 0.1) is 6.54 Å². The molecule has 19 heavy (non-hydrogen) atoms. The third kappa shape index (κ3) is 2.47. The van der Waals surface area contributed by atoms with Gasteiger partial charge in [-0.25, -0.2) is 4.98 Å². The molecule has 0 aliphatic heterocycles. The minimum atomic E-state index is 0.577. The molecular formula is C12H11N5S2. The van der Waals surface area contributed by atoms with Crippen LogP contribution >= 0.6 is 23.6 Å². The molecule has 3 aromatic rings. The summed E-state index contributed by atoms with van der Waals surface area (Å²) in [5, 5.41) is 8.07. The van der Waals surface area contributed by atoms with Crippen molar-refractivity contribution >= 4 is 23.6 Å². The summed E-state index contributed by atoms with van der Waals surface area (Å²) < 4.78 is 2.49. The number of thiazole rings is 1. The van der Waals surface area contributed by atoms with E-state index in [-0.39, 0.29) is 0 Å². The van der Waals surface area contributed by atoms with Crippen LogP contribution in [0.5, 0.6) is 0 Å². The molecule has 1 N–H and O–H groups in total. The molecule has 0 unspecified atom stereocenters. The highest BCUT2D eigenvalue weighted by Crippen LogP contribution is 2.18. The van der Waals surface area contributed by atoms with Crippen LogP contribution in [0.15, 0.2) is 30.6 Å². The predicted octanol–water partition coefficient (Wildman–Crippen LogP) is 2.82. The Morgan fingerprint density at radius 1 is 1.37 bits per heavy atom. The molecule has 7 heteroatoms. The number of hydrogen-bond donors (Lipinski definition) is 1. The molecule has 0 aromatic carbocycles. The lowest BCUT2D eigenvalue weighted by Crippen LogP contribution is -2.02. The highest BCUT2D eigenvalue weighted by atomic mass is 32.1. The van der Waals surface area contributed by atoms with Crippen molar-refractivity contribution in [1.82, 2.24) is 24.7 Å². The number of nitrogens with zero attached hydrogens (tertiary/aromatic N) is 4. The van der Waals surface area contributed by atoms with Crippen LogP contribution in [0.2, 0.25) is 0 Å². The van der Waals surface area contributed by atoms with Gasteiger partial charge in [0.15, 0.2) is 10.6 Å². The van der Waals surface area contributed by atoms with Crippen LogP contribution in [-0.2, 0) is 6.54 Å². The van der Waals surface area contributed by atoms with E-state index in [4.69, 9.17) is 12.2 Å². The molecule has 3 aromatic heterocycles. The van der Waals surface area contributed by atoms with Crippen molar-refractivity contribution in [3.63, 3.8) is 0 Å². The van der Waals surface area contributed by atoms with Crippen LogP contribution in [0.4, 0.5) is 0 Å². The second-order valence-electron chi connectivity index (χ2n) is 4.02. The average Bonchev–Trinajstić information content (AvgIpc) is 2.99. The summed E-state index contributed by atoms with van der Waals surface area (Å²) in [6, 6.07) is 5.71. The first-order chi connectivity index (χ1) is 9.24. The summed E-state index contributed by atoms with van der Waals surface area (Å²) in [5.74, 6) is 0.735. The minimum Gasteiger partial charge on any atom is -0.292 e. The first-order valence-electron chi connectivity index (χ1n) is 5.72. The van der Waals surface area contributed by atoms with E-state index in [0.29, 0.717) is 11.3 Å². The van der Waals surface area contributed by atoms with E-state index >= 15 is 0 Å². The molecule has 0 bridgehead atoms. The Bertz CT molecular complexity index is 741. The number of H-pyrrole nitrogens is 1. The van der Waals surface area contributed by atoms with E-state index in [1.54, 1.807) is 17.5 Å². The Hall–Kier alpha value is -1.86. The fourth-order valence-corrected chi connectivity index (χ4v) is 2.74. The molecular weight excluding hydrogens is 278 g/mol. The molecule has 5 nitrogen and oxygen atoms in total. The van der Waals surface area contributed by atoms with Crippen LogP contribution in [0.1, 0.15) is 9.88 Å². The van der Waals surface area contributed by atoms with E-state index in [1.165, 1.54) is 4.88 Å². The maximum absolute atomic E-state index is 5.27. The zero-order valence-corrected chi connectivity index (χ0v) is 11.8. The maximum Gasteiger partial charge on any atom is 0.195 e. The van der Waals surface area contributed by atoms with Crippen LogP contribution in [0, 0.1) is 11.7 Å². The van der Waals surface area contributed by atoms with Crippen molar-refractivity contribution in [3.05, 3.63) is 45.2 Å². The highest BCUT2D eigenvalue weighted by molar-refractivity contribution is 7.71. The number of aromatic amines is 1. The van der Waals surface area contributed by atoms with Crippen molar-refractivity contribution in [3.8, 4) is 11.5 Å². The van der Waals surface area contributed by atoms with Gasteiger partial charge < -0.3 is 0 Å². The standard InChI is InChI=1S/C12H11N5S2/c1-8-6-14-10(19-8)7-17-11(15-16-12(17)18)9-4-2-3-5-13-9/h2-6H,7H2,1H3,(H,16,18). The lowest BCUT2D eigenvalue weighted by molar-refractivity contribution is 0.781. The maximum atomic E-state index is 5.27. The first kappa shape index (κ1) is 12.2. The Balaban J connectivity index is 2.02. The van der Waals surface area contributed by atoms with Gasteiger partial charge >= 0.3 is 0 Å². The average molecular weight is 289 g/mol. The van der Waals surface area contributed by atoms with E-state index in [2.05, 4.69) is 20.2 Å². The monoisotopic (exact) mass is 289 g/mol. The Labute approximate surface area is 119 Å². The van der Waals surface area contributed by atoms with Gasteiger partial charge in [0.1, 0.15) is 10.7 Å². The van der Waals surface area contributed by atoms with Gasteiger partial charge in [0.2, 0.25) is 0 Å². The van der Waals surface area contributed by atoms with Crippen LogP contribution in [-0.4, -0.2) is 24.7 Å². The van der Waals surface area contributed by atoms with Gasteiger partial charge in [-0.15, -0.1) is 11.3 Å². The summed E-state index contributed by atoms with van der Waals surface area (Å²) in [7, 11) is 0. The van der Waals surface area contributed by atoms with Crippen molar-refractivity contribution in [2.45, 2.75) is 13.5 Å². The Morgan fingerprint density at radius 2 is 2.26 bits per heavy atom. The van der Waals surface area contributed by atoms with Crippen molar-refractivity contribution in [2.75, 3.05) is 0 Å². The van der Waals surface area contributed by atoms with Crippen molar-refractivity contribution in [2.24, 2.45) is 0 Å². The van der Waals surface area contributed by atoms with Gasteiger partial charge in [0.25, 0.3) is 0 Å². The third-order valence-corrected chi connectivity index (χ3v) is 3.82. The number of aryl methyl sites for hydroxylation is 1. The molecule has 0 saturated heterocycles. The SMILES string of the molecule is Cc1cnc(Cn2c(-c3ccccn3)n[nH]c2=S)s1. The van der Waals surface area contributed by atoms with Gasteiger partial charge in [-0.3, -0.25) is 14.6 Å². The molecule has 3 heterocycles. The second kappa shape index (κ2) is 5.02. The Kier molecular flexibility index (Phi) is 3.22. The van der Waals surface area contributed by atoms with Gasteiger partial charge in [-0.2, -0.15) is 5.10 Å². The summed E-state index contributed by atoms with van der Waals surface area (Å²) in [6.45, 7) is 2.65. The molecule has 0 saturated carbocycles. The van der Waals surface area contributed by atoms with Crippen LogP contribution in [0.25, 0.3) is 11.5 Å². The number of pyridine rings is 1. The van der Waals surface area contributed by atoms with Crippen molar-refractivity contribution in [1.29, 1.82) is 0 Å². The predicted molar refractivity (Wildman–Crippen MR) is 76.6 cm³/mol. The zero-order chi connectivity index (χ0) is 13.2. The molecule has 0 aliphatic rings. The fraction of sp³-hybridized carbons (Fsp3) is 0.167. The summed E-state index contributed by atoms with van der Waals surface area (Å²) in [6.07, 6.45) is 3.61. The van der Waals surface area contributed by atoms with Gasteiger partial charge in [-0.1, -0.05) is 6.07 Å². The lowest BCUT2D eigenvalue weighted by Gasteiger charge is -2.03. The number of nitrogens with one attached hydrogen (secondary N) is 1. The number of hydrogen-bond acceptors (Lipinski definition) is 5. The number of aromatic nitrogens is 5. The van der Waals surface area contributed by atoms with Crippen LogP contribution in [0.3, 0.4) is 0 Å². The molecule has 3 rings (SSSR count). The minimum absolute atomic E-state index is 0.577. The molecule has 0 atom stereocenters. The smallest absolute Gasteiger partial charge is 0.195 e. The molecule has 0 spiro atoms. The van der Waals surface area contributed by atoms with E-state index in [1.807, 2.05) is 35.9 Å². The van der Waals surface area contributed by atoms with E-state index in [0.717, 1.165) is 16.5 Å². The fourth-order valence-electron chi connectivity index (χ4n) is 1.76. The third-order valence-electron chi connectivity index (χ3n) is 2.61. The van der Waals surface area contributed by atoms with Crippen molar-refractivity contribution < 1.29 is 0 Å². The normalized spacial score (nSPS) is 10.8. The Morgan fingerprint density at radius 3 is 2.95 bits per heavy atom. The molecule has 0 fully saturated rings. The molecule has 0 radical (unpaired) electrons. The second-order valence-corrected chi connectivity index (χ2v) is 5.72. The zero-order valence-electron chi connectivity index (χ0n) is 10.2. The van der Waals surface area contributed by atoms with Crippen LogP contribution < -0.4 is 0 Å². The quantitative estimate of drug-likeness (QED) is 0.753. The largest absolute Gasteiger partial charge is 0.292 e. The number of rotatable bonds is 3. The molecule has 96 valence electrons. The van der Waals surface area contributed by atoms with Gasteiger partial charge in [0, 0.05) is 17.3 Å². The topological polar surface area (TPSA) is 59.4 Å². The first-order valence-corrected chi connectivity index (χ1v) is 6.94. The lowest BCUT2D eigenvalue weighted by atomic mass is 10.3. The highest BCUT2D eigenvalue weighted by Gasteiger charge is 2.11. The molecule has 0 amide bonds. The van der Waals surface area contributed by atoms with Gasteiger partial charge in [-0.05, 0) is 31.3 Å².